The Bertz CT molecular complexity index is 1270. The lowest BCUT2D eigenvalue weighted by molar-refractivity contribution is -0.294. The summed E-state index contributed by atoms with van der Waals surface area (Å²) in [5, 5.41) is 0. The minimum absolute atomic E-state index is 0.0684. The maximum absolute atomic E-state index is 13.6. The zero-order valence-corrected chi connectivity index (χ0v) is 20.2. The van der Waals surface area contributed by atoms with Crippen LogP contribution < -0.4 is 10.5 Å². The smallest absolute Gasteiger partial charge is 0.316 e. The molecule has 190 valence electrons. The number of amides is 1. The zero-order valence-electron chi connectivity index (χ0n) is 20.2. The molecule has 4 rings (SSSR count). The fourth-order valence-electron chi connectivity index (χ4n) is 3.58. The molecule has 12 heteroatoms. The number of halogens is 1. The number of aromatic nitrogens is 4. The number of carbonyl (C=O) groups excluding carboxylic acids is 2. The molecule has 3 aromatic rings. The maximum atomic E-state index is 13.6. The Morgan fingerprint density at radius 1 is 1.14 bits per heavy atom. The number of rotatable bonds is 7. The topological polar surface area (TPSA) is 152 Å². The second-order valence-electron chi connectivity index (χ2n) is 8.82. The van der Waals surface area contributed by atoms with E-state index in [1.165, 1.54) is 37.6 Å². The number of H-pyrrole nitrogens is 1. The molecule has 0 atom stereocenters. The van der Waals surface area contributed by atoms with Crippen LogP contribution in [0.3, 0.4) is 0 Å². The van der Waals surface area contributed by atoms with Crippen molar-refractivity contribution >= 4 is 11.9 Å². The first-order valence-corrected chi connectivity index (χ1v) is 11.1. The van der Waals surface area contributed by atoms with E-state index in [0.717, 1.165) is 0 Å². The summed E-state index contributed by atoms with van der Waals surface area (Å²) in [6.07, 6.45) is 1.15. The molecule has 11 nitrogen and oxygen atoms in total. The summed E-state index contributed by atoms with van der Waals surface area (Å²) in [7, 11) is 1.42. The third-order valence-corrected chi connectivity index (χ3v) is 5.55. The number of primary amides is 1. The molecule has 0 saturated carbocycles. The van der Waals surface area contributed by atoms with Crippen LogP contribution in [-0.2, 0) is 29.6 Å². The van der Waals surface area contributed by atoms with Gasteiger partial charge in [0.15, 0.2) is 5.82 Å². The lowest BCUT2D eigenvalue weighted by atomic mass is 9.91. The van der Waals surface area contributed by atoms with E-state index in [0.29, 0.717) is 22.6 Å². The van der Waals surface area contributed by atoms with Crippen molar-refractivity contribution in [1.82, 2.24) is 19.9 Å². The Kier molecular flexibility index (Phi) is 6.74. The van der Waals surface area contributed by atoms with Gasteiger partial charge in [0.1, 0.15) is 11.2 Å². The van der Waals surface area contributed by atoms with Crippen LogP contribution in [0, 0.1) is 11.2 Å². The van der Waals surface area contributed by atoms with Gasteiger partial charge in [-0.25, -0.2) is 14.4 Å². The van der Waals surface area contributed by atoms with Crippen LogP contribution >= 0.6 is 0 Å². The average Bonchev–Trinajstić information content (AvgIpc) is 3.30. The summed E-state index contributed by atoms with van der Waals surface area (Å²) < 4.78 is 35.7. The number of ether oxygens (including phenoxy) is 4. The van der Waals surface area contributed by atoms with Crippen molar-refractivity contribution in [3.05, 3.63) is 48.2 Å². The summed E-state index contributed by atoms with van der Waals surface area (Å²) in [5.41, 5.74) is 6.13. The highest BCUT2D eigenvalue weighted by Crippen LogP contribution is 2.39. The Labute approximate surface area is 206 Å². The molecule has 1 aliphatic rings. The first-order valence-electron chi connectivity index (χ1n) is 11.1. The highest BCUT2D eigenvalue weighted by Gasteiger charge is 2.54. The number of hydrogen-bond acceptors (Lipinski definition) is 9. The van der Waals surface area contributed by atoms with Gasteiger partial charge in [0.2, 0.25) is 0 Å². The van der Waals surface area contributed by atoms with Crippen molar-refractivity contribution in [3.8, 4) is 28.7 Å². The normalized spacial score (nSPS) is 21.8. The van der Waals surface area contributed by atoms with Crippen LogP contribution in [0.4, 0.5) is 4.39 Å². The highest BCUT2D eigenvalue weighted by atomic mass is 19.1. The minimum Gasteiger partial charge on any atom is -0.467 e. The Morgan fingerprint density at radius 2 is 1.81 bits per heavy atom. The number of carbonyl (C=O) groups is 2. The summed E-state index contributed by atoms with van der Waals surface area (Å²) in [5.74, 6) is -4.13. The van der Waals surface area contributed by atoms with Gasteiger partial charge in [0.05, 0.1) is 43.5 Å². The van der Waals surface area contributed by atoms with Crippen LogP contribution in [0.5, 0.6) is 6.01 Å². The number of nitrogens with one attached hydrogen (secondary N) is 1. The molecule has 0 radical (unpaired) electrons. The quantitative estimate of drug-likeness (QED) is 0.467. The SMILES string of the molecule is COc1nccc(-c2[nH]c(C3(C(N)=O)OCC(C)(C(=O)OC(C)C)CO3)nc2-c2ccc(F)cc2)n1. The van der Waals surface area contributed by atoms with Crippen molar-refractivity contribution in [3.63, 3.8) is 0 Å². The molecule has 3 N–H and O–H groups in total. The number of imidazole rings is 1. The van der Waals surface area contributed by atoms with Gasteiger partial charge in [-0.1, -0.05) is 0 Å². The summed E-state index contributed by atoms with van der Waals surface area (Å²) in [4.78, 5) is 41.2. The van der Waals surface area contributed by atoms with Gasteiger partial charge in [-0.05, 0) is 51.1 Å². The van der Waals surface area contributed by atoms with Gasteiger partial charge in [-0.15, -0.1) is 0 Å². The van der Waals surface area contributed by atoms with Gasteiger partial charge in [-0.3, -0.25) is 9.59 Å². The first-order chi connectivity index (χ1) is 17.1. The Balaban J connectivity index is 1.78. The molecule has 1 saturated heterocycles. The molecule has 3 heterocycles. The van der Waals surface area contributed by atoms with Crippen LogP contribution in [0.25, 0.3) is 22.6 Å². The van der Waals surface area contributed by atoms with E-state index in [-0.39, 0.29) is 31.2 Å². The number of nitrogens with zero attached hydrogens (tertiary/aromatic N) is 3. The average molecular weight is 499 g/mol. The van der Waals surface area contributed by atoms with Crippen molar-refractivity contribution in [2.45, 2.75) is 32.7 Å². The summed E-state index contributed by atoms with van der Waals surface area (Å²) >= 11 is 0. The van der Waals surface area contributed by atoms with E-state index in [4.69, 9.17) is 24.7 Å². The maximum Gasteiger partial charge on any atom is 0.316 e. The second-order valence-corrected chi connectivity index (χ2v) is 8.82. The molecule has 1 aliphatic heterocycles. The molecule has 1 amide bonds. The first kappa shape index (κ1) is 25.2. The van der Waals surface area contributed by atoms with Gasteiger partial charge < -0.3 is 29.7 Å². The number of methoxy groups -OCH3 is 1. The van der Waals surface area contributed by atoms with Crippen LogP contribution in [0.1, 0.15) is 26.6 Å². The van der Waals surface area contributed by atoms with Gasteiger partial charge in [0.25, 0.3) is 5.91 Å². The predicted molar refractivity (Wildman–Crippen MR) is 124 cm³/mol. The molecule has 1 fully saturated rings. The van der Waals surface area contributed by atoms with Crippen molar-refractivity contribution in [2.24, 2.45) is 11.1 Å². The molecule has 36 heavy (non-hydrogen) atoms. The summed E-state index contributed by atoms with van der Waals surface area (Å²) in [6.45, 7) is 4.62. The van der Waals surface area contributed by atoms with E-state index < -0.39 is 28.9 Å². The molecule has 0 aliphatic carbocycles. The fraction of sp³-hybridized carbons (Fsp3) is 0.375. The van der Waals surface area contributed by atoms with Crippen molar-refractivity contribution in [2.75, 3.05) is 20.3 Å². The number of nitrogens with two attached hydrogens (primary N) is 1. The molecular formula is C24H26FN5O6. The van der Waals surface area contributed by atoms with Crippen LogP contribution in [-0.4, -0.2) is 58.2 Å². The number of benzene rings is 1. The highest BCUT2D eigenvalue weighted by molar-refractivity contribution is 5.85. The zero-order chi connectivity index (χ0) is 26.1. The molecular weight excluding hydrogens is 473 g/mol. The predicted octanol–water partition coefficient (Wildman–Crippen LogP) is 2.32. The van der Waals surface area contributed by atoms with Crippen molar-refractivity contribution in [1.29, 1.82) is 0 Å². The van der Waals surface area contributed by atoms with E-state index in [1.54, 1.807) is 26.8 Å². The molecule has 2 aromatic heterocycles. The third-order valence-electron chi connectivity index (χ3n) is 5.55. The largest absolute Gasteiger partial charge is 0.467 e. The Hall–Kier alpha value is -3.90. The monoisotopic (exact) mass is 499 g/mol. The van der Waals surface area contributed by atoms with E-state index in [2.05, 4.69) is 19.9 Å². The van der Waals surface area contributed by atoms with E-state index in [1.807, 2.05) is 0 Å². The Morgan fingerprint density at radius 3 is 2.39 bits per heavy atom. The number of hydrogen-bond donors (Lipinski definition) is 2. The molecule has 0 spiro atoms. The molecule has 0 unspecified atom stereocenters. The lowest BCUT2D eigenvalue weighted by Gasteiger charge is -2.40. The van der Waals surface area contributed by atoms with Crippen LogP contribution in [0.2, 0.25) is 0 Å². The molecule has 1 aromatic carbocycles. The number of aromatic amines is 1. The second kappa shape index (κ2) is 9.63. The molecule has 0 bridgehead atoms. The fourth-order valence-corrected chi connectivity index (χ4v) is 3.58. The van der Waals surface area contributed by atoms with Crippen LogP contribution in [0.15, 0.2) is 36.5 Å². The third kappa shape index (κ3) is 4.64. The van der Waals surface area contributed by atoms with Gasteiger partial charge in [-0.2, -0.15) is 4.98 Å². The van der Waals surface area contributed by atoms with Gasteiger partial charge in [0, 0.05) is 11.8 Å². The standard InChI is InChI=1S/C24H26FN5O6/c1-13(2)36-21(32)23(3)11-34-24(19(26)31,35-12-23)20-29-17(14-5-7-15(25)8-6-14)18(30-20)16-9-10-27-22(28-16)33-4/h5-10,13H,11-12H2,1-4H3,(H2,26,31)(H,29,30). The minimum atomic E-state index is -2.12. The van der Waals surface area contributed by atoms with Gasteiger partial charge >= 0.3 is 17.8 Å². The lowest BCUT2D eigenvalue weighted by Crippen LogP contribution is -2.56. The van der Waals surface area contributed by atoms with E-state index in [9.17, 15) is 14.0 Å². The number of esters is 1. The summed E-state index contributed by atoms with van der Waals surface area (Å²) in [6, 6.07) is 7.30. The van der Waals surface area contributed by atoms with E-state index >= 15 is 0 Å². The van der Waals surface area contributed by atoms with Crippen molar-refractivity contribution < 1.29 is 32.9 Å².